The summed E-state index contributed by atoms with van der Waals surface area (Å²) in [7, 11) is 0. The van der Waals surface area contributed by atoms with E-state index in [0.717, 1.165) is 43.0 Å². The number of likely N-dealkylation sites (tertiary alicyclic amines) is 1. The van der Waals surface area contributed by atoms with Crippen molar-refractivity contribution in [3.63, 3.8) is 0 Å². The van der Waals surface area contributed by atoms with Crippen molar-refractivity contribution in [2.45, 2.75) is 25.1 Å². The molecule has 0 unspecified atom stereocenters. The number of benzene rings is 1. The molecule has 2 fully saturated rings. The first-order valence-electron chi connectivity index (χ1n) is 8.27. The van der Waals surface area contributed by atoms with E-state index in [1.165, 1.54) is 0 Å². The van der Waals surface area contributed by atoms with Crippen LogP contribution in [0.3, 0.4) is 0 Å². The third kappa shape index (κ3) is 3.29. The maximum Gasteiger partial charge on any atom is 0.246 e. The average Bonchev–Trinajstić information content (AvgIpc) is 2.63. The first-order chi connectivity index (χ1) is 11.8. The number of ether oxygens (including phenoxy) is 1. The van der Waals surface area contributed by atoms with E-state index in [1.54, 1.807) is 0 Å². The number of hydrogen-bond donors (Lipinski definition) is 1. The van der Waals surface area contributed by atoms with Gasteiger partial charge >= 0.3 is 0 Å². The maximum absolute atomic E-state index is 11.5. The van der Waals surface area contributed by atoms with E-state index in [-0.39, 0.29) is 24.7 Å². The topological polar surface area (TPSA) is 67.3 Å². The Kier molecular flexibility index (Phi) is 4.23. The fourth-order valence-electron chi connectivity index (χ4n) is 3.34. The molecule has 0 saturated carbocycles. The monoisotopic (exact) mass is 324 g/mol. The molecule has 24 heavy (non-hydrogen) atoms. The highest BCUT2D eigenvalue weighted by molar-refractivity contribution is 5.78. The van der Waals surface area contributed by atoms with Crippen molar-refractivity contribution in [2.24, 2.45) is 0 Å². The Morgan fingerprint density at radius 3 is 2.79 bits per heavy atom. The second-order valence-corrected chi connectivity index (χ2v) is 6.33. The van der Waals surface area contributed by atoms with E-state index < -0.39 is 0 Å². The molecule has 0 radical (unpaired) electrons. The van der Waals surface area contributed by atoms with Crippen molar-refractivity contribution in [1.29, 1.82) is 0 Å². The summed E-state index contributed by atoms with van der Waals surface area (Å²) in [6.07, 6.45) is 4.86. The fourth-order valence-corrected chi connectivity index (χ4v) is 3.34. The van der Waals surface area contributed by atoms with E-state index >= 15 is 0 Å². The maximum atomic E-state index is 11.5. The predicted molar refractivity (Wildman–Crippen MR) is 89.0 cm³/mol. The minimum absolute atomic E-state index is 0.0198. The summed E-state index contributed by atoms with van der Waals surface area (Å²) < 4.78 is 5.59. The molecule has 1 amide bonds. The number of hydrogen-bond acceptors (Lipinski definition) is 5. The molecule has 4 rings (SSSR count). The van der Waals surface area contributed by atoms with Crippen LogP contribution in [0.1, 0.15) is 12.0 Å². The Bertz CT molecular complexity index is 705. The third-order valence-electron chi connectivity index (χ3n) is 4.55. The average molecular weight is 324 g/mol. The molecule has 1 N–H and O–H groups in total. The van der Waals surface area contributed by atoms with Gasteiger partial charge in [0.25, 0.3) is 0 Å². The number of morpholine rings is 1. The number of nitrogens with zero attached hydrogens (tertiary/aromatic N) is 3. The highest BCUT2D eigenvalue weighted by Gasteiger charge is 2.34. The first-order valence-corrected chi connectivity index (χ1v) is 8.27. The Labute approximate surface area is 140 Å². The SMILES string of the molecule is O=C1CO[C@H]2CCN(Cc3cnc(-c4ccccc4)nc3)C[C@@H]2N1. The zero-order valence-electron chi connectivity index (χ0n) is 13.4. The largest absolute Gasteiger partial charge is 0.366 e. The van der Waals surface area contributed by atoms with Gasteiger partial charge in [-0.3, -0.25) is 9.69 Å². The van der Waals surface area contributed by atoms with Crippen molar-refractivity contribution in [3.8, 4) is 11.4 Å². The highest BCUT2D eigenvalue weighted by Crippen LogP contribution is 2.19. The van der Waals surface area contributed by atoms with Gasteiger partial charge in [0, 0.05) is 43.2 Å². The molecule has 0 aliphatic carbocycles. The molecule has 6 heteroatoms. The van der Waals surface area contributed by atoms with Crippen LogP contribution < -0.4 is 5.32 Å². The van der Waals surface area contributed by atoms with E-state index in [2.05, 4.69) is 20.2 Å². The van der Waals surface area contributed by atoms with Crippen LogP contribution in [-0.4, -0.2) is 52.6 Å². The molecule has 2 aromatic rings. The molecule has 2 aliphatic heterocycles. The van der Waals surface area contributed by atoms with Gasteiger partial charge in [-0.1, -0.05) is 30.3 Å². The van der Waals surface area contributed by atoms with Gasteiger partial charge in [-0.05, 0) is 6.42 Å². The standard InChI is InChI=1S/C18H20N4O2/c23-17-12-24-16-6-7-22(11-15(16)21-17)10-13-8-19-18(20-9-13)14-4-2-1-3-5-14/h1-5,8-9,15-16H,6-7,10-12H2,(H,21,23)/t15-,16-/m0/s1. The molecule has 0 bridgehead atoms. The summed E-state index contributed by atoms with van der Waals surface area (Å²) >= 11 is 0. The Balaban J connectivity index is 1.40. The lowest BCUT2D eigenvalue weighted by Crippen LogP contribution is -2.60. The number of fused-ring (bicyclic) bond motifs is 1. The Hall–Kier alpha value is -2.31. The lowest BCUT2D eigenvalue weighted by atomic mass is 10.00. The molecule has 0 spiro atoms. The smallest absolute Gasteiger partial charge is 0.246 e. The van der Waals surface area contributed by atoms with Gasteiger partial charge in [0.15, 0.2) is 5.82 Å². The van der Waals surface area contributed by atoms with Crippen molar-refractivity contribution >= 4 is 5.91 Å². The van der Waals surface area contributed by atoms with E-state index in [4.69, 9.17) is 4.74 Å². The van der Waals surface area contributed by atoms with Crippen LogP contribution >= 0.6 is 0 Å². The summed E-state index contributed by atoms with van der Waals surface area (Å²) in [4.78, 5) is 22.7. The second kappa shape index (κ2) is 6.67. The van der Waals surface area contributed by atoms with Crippen LogP contribution in [0, 0.1) is 0 Å². The lowest BCUT2D eigenvalue weighted by molar-refractivity contribution is -0.140. The fraction of sp³-hybridized carbons (Fsp3) is 0.389. The van der Waals surface area contributed by atoms with Gasteiger partial charge in [-0.25, -0.2) is 9.97 Å². The molecular weight excluding hydrogens is 304 g/mol. The minimum Gasteiger partial charge on any atom is -0.366 e. The zero-order chi connectivity index (χ0) is 16.4. The van der Waals surface area contributed by atoms with E-state index in [0.29, 0.717) is 0 Å². The molecule has 6 nitrogen and oxygen atoms in total. The summed E-state index contributed by atoms with van der Waals surface area (Å²) in [6.45, 7) is 2.73. The van der Waals surface area contributed by atoms with Gasteiger partial charge in [0.1, 0.15) is 6.61 Å². The van der Waals surface area contributed by atoms with Gasteiger partial charge in [0.2, 0.25) is 5.91 Å². The van der Waals surface area contributed by atoms with Gasteiger partial charge in [-0.2, -0.15) is 0 Å². The van der Waals surface area contributed by atoms with Crippen LogP contribution in [0.2, 0.25) is 0 Å². The quantitative estimate of drug-likeness (QED) is 0.920. The number of carbonyl (C=O) groups is 1. The molecule has 2 atom stereocenters. The number of piperidine rings is 1. The van der Waals surface area contributed by atoms with Crippen LogP contribution in [0.15, 0.2) is 42.7 Å². The lowest BCUT2D eigenvalue weighted by Gasteiger charge is -2.41. The highest BCUT2D eigenvalue weighted by atomic mass is 16.5. The Morgan fingerprint density at radius 1 is 1.21 bits per heavy atom. The number of carbonyl (C=O) groups excluding carboxylic acids is 1. The number of amides is 1. The van der Waals surface area contributed by atoms with Gasteiger partial charge < -0.3 is 10.1 Å². The van der Waals surface area contributed by atoms with E-state index in [9.17, 15) is 4.79 Å². The molecule has 1 aromatic carbocycles. The van der Waals surface area contributed by atoms with Crippen molar-refractivity contribution in [3.05, 3.63) is 48.3 Å². The van der Waals surface area contributed by atoms with Crippen LogP contribution in [0.25, 0.3) is 11.4 Å². The van der Waals surface area contributed by atoms with E-state index in [1.807, 2.05) is 42.7 Å². The van der Waals surface area contributed by atoms with Crippen LogP contribution in [-0.2, 0) is 16.1 Å². The summed E-state index contributed by atoms with van der Waals surface area (Å²) in [5.41, 5.74) is 2.10. The normalized spacial score (nSPS) is 24.2. The summed E-state index contributed by atoms with van der Waals surface area (Å²) in [5.74, 6) is 0.722. The molecular formula is C18H20N4O2. The van der Waals surface area contributed by atoms with Crippen molar-refractivity contribution in [2.75, 3.05) is 19.7 Å². The molecule has 124 valence electrons. The van der Waals surface area contributed by atoms with Crippen molar-refractivity contribution < 1.29 is 9.53 Å². The number of rotatable bonds is 3. The van der Waals surface area contributed by atoms with Gasteiger partial charge in [-0.15, -0.1) is 0 Å². The van der Waals surface area contributed by atoms with Gasteiger partial charge in [0.05, 0.1) is 12.1 Å². The number of nitrogens with one attached hydrogen (secondary N) is 1. The zero-order valence-corrected chi connectivity index (χ0v) is 13.4. The minimum atomic E-state index is -0.0198. The van der Waals surface area contributed by atoms with Crippen LogP contribution in [0.5, 0.6) is 0 Å². The third-order valence-corrected chi connectivity index (χ3v) is 4.55. The Morgan fingerprint density at radius 2 is 2.00 bits per heavy atom. The molecule has 2 saturated heterocycles. The summed E-state index contributed by atoms with van der Waals surface area (Å²) in [5, 5.41) is 3.03. The predicted octanol–water partition coefficient (Wildman–Crippen LogP) is 1.23. The van der Waals surface area contributed by atoms with Crippen LogP contribution in [0.4, 0.5) is 0 Å². The molecule has 3 heterocycles. The first kappa shape index (κ1) is 15.2. The molecule has 1 aromatic heterocycles. The van der Waals surface area contributed by atoms with Crippen molar-refractivity contribution in [1.82, 2.24) is 20.2 Å². The summed E-state index contributed by atoms with van der Waals surface area (Å²) in [6, 6.07) is 10.0. The second-order valence-electron chi connectivity index (χ2n) is 6.33. The number of aromatic nitrogens is 2. The molecule has 2 aliphatic rings.